The Bertz CT molecular complexity index is 846. The minimum absolute atomic E-state index is 0.00678. The number of carbonyl (C=O) groups is 1. The molecular weight excluding hydrogens is 372 g/mol. The van der Waals surface area contributed by atoms with Gasteiger partial charge in [0.1, 0.15) is 17.5 Å². The van der Waals surface area contributed by atoms with E-state index in [0.29, 0.717) is 24.5 Å². The van der Waals surface area contributed by atoms with Gasteiger partial charge in [-0.15, -0.1) is 0 Å². The summed E-state index contributed by atoms with van der Waals surface area (Å²) < 4.78 is 10.5. The Kier molecular flexibility index (Phi) is 5.75. The minimum atomic E-state index is -0.00678. The third-order valence-electron chi connectivity index (χ3n) is 5.23. The lowest BCUT2D eigenvalue weighted by Gasteiger charge is -2.36. The molecule has 2 aliphatic rings. The van der Waals surface area contributed by atoms with Crippen molar-refractivity contribution in [3.63, 3.8) is 0 Å². The Morgan fingerprint density at radius 3 is 2.24 bits per heavy atom. The van der Waals surface area contributed by atoms with E-state index in [2.05, 4.69) is 24.8 Å². The molecule has 0 N–H and O–H groups in total. The van der Waals surface area contributed by atoms with Crippen LogP contribution in [0, 0.1) is 6.92 Å². The summed E-state index contributed by atoms with van der Waals surface area (Å²) in [6.45, 7) is 7.79. The summed E-state index contributed by atoms with van der Waals surface area (Å²) in [5.74, 6) is 3.11. The number of pyridine rings is 1. The zero-order chi connectivity index (χ0) is 20.2. The Balaban J connectivity index is 1.41. The van der Waals surface area contributed by atoms with Crippen LogP contribution in [-0.4, -0.2) is 85.4 Å². The van der Waals surface area contributed by atoms with Crippen LogP contribution in [0.1, 0.15) is 16.2 Å². The molecular formula is C20H26N6O3. The number of hydrogen-bond acceptors (Lipinski definition) is 8. The van der Waals surface area contributed by atoms with E-state index in [1.54, 1.807) is 25.4 Å². The topological polar surface area (TPSA) is 83.9 Å². The monoisotopic (exact) mass is 398 g/mol. The standard InChI is InChI=1S/C20H26N6O3/c1-15-22-17(13-18(23-15)25-9-11-29-12-10-25)24-5-7-26(8-6-24)20(27)16-3-4-19(28-2)21-14-16/h3-4,13-14H,5-12H2,1-2H3. The van der Waals surface area contributed by atoms with Gasteiger partial charge in [-0.05, 0) is 13.0 Å². The summed E-state index contributed by atoms with van der Waals surface area (Å²) in [6.07, 6.45) is 1.57. The number of carbonyl (C=O) groups excluding carboxylic acids is 1. The molecule has 0 spiro atoms. The van der Waals surface area contributed by atoms with Crippen molar-refractivity contribution in [3.05, 3.63) is 35.8 Å². The van der Waals surface area contributed by atoms with E-state index in [0.717, 1.165) is 56.9 Å². The van der Waals surface area contributed by atoms with Crippen LogP contribution >= 0.6 is 0 Å². The van der Waals surface area contributed by atoms with Gasteiger partial charge in [-0.1, -0.05) is 0 Å². The van der Waals surface area contributed by atoms with E-state index in [-0.39, 0.29) is 5.91 Å². The number of nitrogens with zero attached hydrogens (tertiary/aromatic N) is 6. The van der Waals surface area contributed by atoms with Crippen molar-refractivity contribution in [3.8, 4) is 5.88 Å². The lowest BCUT2D eigenvalue weighted by atomic mass is 10.2. The second kappa shape index (κ2) is 8.60. The summed E-state index contributed by atoms with van der Waals surface area (Å²) in [5.41, 5.74) is 0.576. The molecule has 0 saturated carbocycles. The fourth-order valence-electron chi connectivity index (χ4n) is 3.60. The van der Waals surface area contributed by atoms with Crippen molar-refractivity contribution in [1.82, 2.24) is 19.9 Å². The fraction of sp³-hybridized carbons (Fsp3) is 0.500. The summed E-state index contributed by atoms with van der Waals surface area (Å²) in [7, 11) is 1.56. The van der Waals surface area contributed by atoms with Crippen molar-refractivity contribution in [1.29, 1.82) is 0 Å². The first-order valence-electron chi connectivity index (χ1n) is 9.86. The molecule has 2 fully saturated rings. The van der Waals surface area contributed by atoms with Crippen LogP contribution < -0.4 is 14.5 Å². The van der Waals surface area contributed by atoms with Gasteiger partial charge in [0.15, 0.2) is 0 Å². The zero-order valence-electron chi connectivity index (χ0n) is 16.9. The number of aryl methyl sites for hydroxylation is 1. The molecule has 0 radical (unpaired) electrons. The number of hydrogen-bond donors (Lipinski definition) is 0. The highest BCUT2D eigenvalue weighted by Crippen LogP contribution is 2.22. The minimum Gasteiger partial charge on any atom is -0.481 e. The van der Waals surface area contributed by atoms with Crippen LogP contribution in [0.2, 0.25) is 0 Å². The molecule has 2 aromatic heterocycles. The van der Waals surface area contributed by atoms with Gasteiger partial charge in [-0.2, -0.15) is 0 Å². The highest BCUT2D eigenvalue weighted by molar-refractivity contribution is 5.94. The second-order valence-electron chi connectivity index (χ2n) is 7.10. The summed E-state index contributed by atoms with van der Waals surface area (Å²) >= 11 is 0. The lowest BCUT2D eigenvalue weighted by Crippen LogP contribution is -2.49. The van der Waals surface area contributed by atoms with E-state index >= 15 is 0 Å². The number of anilines is 2. The van der Waals surface area contributed by atoms with Gasteiger partial charge in [0.05, 0.1) is 25.9 Å². The van der Waals surface area contributed by atoms with Crippen molar-refractivity contribution in [2.45, 2.75) is 6.92 Å². The molecule has 4 rings (SSSR count). The molecule has 2 aliphatic heterocycles. The first-order chi connectivity index (χ1) is 14.1. The number of piperazine rings is 1. The third-order valence-corrected chi connectivity index (χ3v) is 5.23. The number of methoxy groups -OCH3 is 1. The second-order valence-corrected chi connectivity index (χ2v) is 7.10. The molecule has 1 amide bonds. The maximum Gasteiger partial charge on any atom is 0.255 e. The zero-order valence-corrected chi connectivity index (χ0v) is 16.9. The van der Waals surface area contributed by atoms with Crippen LogP contribution in [0.25, 0.3) is 0 Å². The Hall–Kier alpha value is -2.94. The van der Waals surface area contributed by atoms with E-state index in [1.807, 2.05) is 17.9 Å². The molecule has 9 heteroatoms. The van der Waals surface area contributed by atoms with Crippen LogP contribution in [-0.2, 0) is 4.74 Å². The van der Waals surface area contributed by atoms with E-state index in [4.69, 9.17) is 9.47 Å². The lowest BCUT2D eigenvalue weighted by molar-refractivity contribution is 0.0746. The molecule has 2 aromatic rings. The SMILES string of the molecule is COc1ccc(C(=O)N2CCN(c3cc(N4CCOCC4)nc(C)n3)CC2)cn1. The number of ether oxygens (including phenoxy) is 2. The average Bonchev–Trinajstić information content (AvgIpc) is 2.79. The molecule has 154 valence electrons. The number of rotatable bonds is 4. The smallest absolute Gasteiger partial charge is 0.255 e. The highest BCUT2D eigenvalue weighted by Gasteiger charge is 2.24. The molecule has 0 aliphatic carbocycles. The van der Waals surface area contributed by atoms with Crippen molar-refractivity contribution >= 4 is 17.5 Å². The van der Waals surface area contributed by atoms with E-state index in [9.17, 15) is 4.79 Å². The van der Waals surface area contributed by atoms with Gasteiger partial charge < -0.3 is 24.2 Å². The molecule has 4 heterocycles. The van der Waals surface area contributed by atoms with E-state index in [1.165, 1.54) is 0 Å². The molecule has 0 aromatic carbocycles. The van der Waals surface area contributed by atoms with E-state index < -0.39 is 0 Å². The number of aromatic nitrogens is 3. The van der Waals surface area contributed by atoms with Gasteiger partial charge >= 0.3 is 0 Å². The van der Waals surface area contributed by atoms with Crippen LogP contribution in [0.4, 0.5) is 11.6 Å². The van der Waals surface area contributed by atoms with Gasteiger partial charge in [-0.3, -0.25) is 4.79 Å². The Morgan fingerprint density at radius 1 is 1.00 bits per heavy atom. The maximum atomic E-state index is 12.7. The van der Waals surface area contributed by atoms with Gasteiger partial charge in [-0.25, -0.2) is 15.0 Å². The van der Waals surface area contributed by atoms with Gasteiger partial charge in [0.25, 0.3) is 5.91 Å². The largest absolute Gasteiger partial charge is 0.481 e. The normalized spacial score (nSPS) is 17.4. The first-order valence-corrected chi connectivity index (χ1v) is 9.86. The molecule has 2 saturated heterocycles. The number of amides is 1. The molecule has 0 bridgehead atoms. The van der Waals surface area contributed by atoms with Crippen molar-refractivity contribution in [2.24, 2.45) is 0 Å². The average molecular weight is 398 g/mol. The fourth-order valence-corrected chi connectivity index (χ4v) is 3.60. The molecule has 9 nitrogen and oxygen atoms in total. The van der Waals surface area contributed by atoms with Gasteiger partial charge in [0, 0.05) is 57.6 Å². The molecule has 29 heavy (non-hydrogen) atoms. The quantitative estimate of drug-likeness (QED) is 0.754. The maximum absolute atomic E-state index is 12.7. The Morgan fingerprint density at radius 2 is 1.66 bits per heavy atom. The predicted molar refractivity (Wildman–Crippen MR) is 109 cm³/mol. The Labute approximate surface area is 170 Å². The predicted octanol–water partition coefficient (Wildman–Crippen LogP) is 0.988. The molecule has 0 atom stereocenters. The summed E-state index contributed by atoms with van der Waals surface area (Å²) in [4.78, 5) is 32.4. The van der Waals surface area contributed by atoms with Crippen LogP contribution in [0.15, 0.2) is 24.4 Å². The third kappa shape index (κ3) is 4.40. The highest BCUT2D eigenvalue weighted by atomic mass is 16.5. The van der Waals surface area contributed by atoms with Crippen molar-refractivity contribution < 1.29 is 14.3 Å². The molecule has 0 unspecified atom stereocenters. The first kappa shape index (κ1) is 19.4. The summed E-state index contributed by atoms with van der Waals surface area (Å²) in [6, 6.07) is 5.51. The van der Waals surface area contributed by atoms with Crippen molar-refractivity contribution in [2.75, 3.05) is 69.4 Å². The summed E-state index contributed by atoms with van der Waals surface area (Å²) in [5, 5.41) is 0. The van der Waals surface area contributed by atoms with Gasteiger partial charge in [0.2, 0.25) is 5.88 Å². The van der Waals surface area contributed by atoms with Crippen LogP contribution in [0.3, 0.4) is 0 Å². The van der Waals surface area contributed by atoms with Crippen LogP contribution in [0.5, 0.6) is 5.88 Å². The number of morpholine rings is 1.